The topological polar surface area (TPSA) is 63.8 Å². The fourth-order valence-corrected chi connectivity index (χ4v) is 1.13. The number of anilines is 3. The van der Waals surface area contributed by atoms with Crippen LogP contribution in [0.1, 0.15) is 0 Å². The zero-order valence-corrected chi connectivity index (χ0v) is 7.51. The lowest BCUT2D eigenvalue weighted by Crippen LogP contribution is -1.95. The summed E-state index contributed by atoms with van der Waals surface area (Å²) in [6, 6.07) is 11.1. The largest absolute Gasteiger partial charge is 0.399 e. The molecular weight excluding hydrogens is 176 g/mol. The number of nitrogens with one attached hydrogen (secondary N) is 1. The first-order valence-corrected chi connectivity index (χ1v) is 4.25. The van der Waals surface area contributed by atoms with Crippen LogP contribution in [0.2, 0.25) is 0 Å². The smallest absolute Gasteiger partial charge is 0.153 e. The summed E-state index contributed by atoms with van der Waals surface area (Å²) in [4.78, 5) is 0. The molecule has 0 saturated heterocycles. The summed E-state index contributed by atoms with van der Waals surface area (Å²) >= 11 is 0. The highest BCUT2D eigenvalue weighted by molar-refractivity contribution is 5.60. The van der Waals surface area contributed by atoms with E-state index in [9.17, 15) is 0 Å². The van der Waals surface area contributed by atoms with Gasteiger partial charge in [0.05, 0.1) is 0 Å². The normalized spacial score (nSPS) is 9.71. The van der Waals surface area contributed by atoms with Gasteiger partial charge in [-0.3, -0.25) is 0 Å². The van der Waals surface area contributed by atoms with E-state index in [1.165, 1.54) is 0 Å². The fourth-order valence-electron chi connectivity index (χ4n) is 1.13. The van der Waals surface area contributed by atoms with Crippen molar-refractivity contribution in [3.8, 4) is 0 Å². The van der Waals surface area contributed by atoms with Crippen LogP contribution in [0, 0.1) is 0 Å². The number of hydrogen-bond donors (Lipinski definition) is 2. The van der Waals surface area contributed by atoms with Gasteiger partial charge in [0.1, 0.15) is 0 Å². The number of rotatable bonds is 2. The van der Waals surface area contributed by atoms with Crippen molar-refractivity contribution in [3.63, 3.8) is 0 Å². The van der Waals surface area contributed by atoms with Gasteiger partial charge >= 0.3 is 0 Å². The van der Waals surface area contributed by atoms with Crippen molar-refractivity contribution < 1.29 is 0 Å². The molecule has 0 aliphatic carbocycles. The van der Waals surface area contributed by atoms with Gasteiger partial charge in [0, 0.05) is 17.6 Å². The van der Waals surface area contributed by atoms with Crippen molar-refractivity contribution in [3.05, 3.63) is 42.6 Å². The maximum Gasteiger partial charge on any atom is 0.153 e. The van der Waals surface area contributed by atoms with Crippen LogP contribution < -0.4 is 11.1 Å². The Morgan fingerprint density at radius 2 is 2.07 bits per heavy atom. The minimum Gasteiger partial charge on any atom is -0.399 e. The van der Waals surface area contributed by atoms with Crippen LogP contribution in [0.4, 0.5) is 17.2 Å². The summed E-state index contributed by atoms with van der Waals surface area (Å²) < 4.78 is 0. The first-order valence-electron chi connectivity index (χ1n) is 4.25. The van der Waals surface area contributed by atoms with Gasteiger partial charge in [-0.15, -0.1) is 5.10 Å². The van der Waals surface area contributed by atoms with Gasteiger partial charge in [0.15, 0.2) is 5.82 Å². The Balaban J connectivity index is 2.19. The number of nitrogens with zero attached hydrogens (tertiary/aromatic N) is 2. The standard InChI is InChI=1S/C10H10N4/c11-8-3-1-4-9(7-8)13-10-5-2-6-12-14-10/h1-7H,11H2,(H,13,14). The van der Waals surface area contributed by atoms with Gasteiger partial charge in [0.2, 0.25) is 0 Å². The molecule has 0 radical (unpaired) electrons. The van der Waals surface area contributed by atoms with Gasteiger partial charge < -0.3 is 11.1 Å². The molecule has 0 aliphatic rings. The zero-order valence-electron chi connectivity index (χ0n) is 7.51. The molecule has 0 unspecified atom stereocenters. The maximum atomic E-state index is 5.64. The van der Waals surface area contributed by atoms with Crippen molar-refractivity contribution in [2.75, 3.05) is 11.1 Å². The molecule has 0 fully saturated rings. The second kappa shape index (κ2) is 3.74. The van der Waals surface area contributed by atoms with Crippen LogP contribution in [0.3, 0.4) is 0 Å². The summed E-state index contributed by atoms with van der Waals surface area (Å²) in [5.41, 5.74) is 7.27. The Morgan fingerprint density at radius 3 is 2.79 bits per heavy atom. The first-order chi connectivity index (χ1) is 6.84. The Kier molecular flexibility index (Phi) is 2.27. The predicted molar refractivity (Wildman–Crippen MR) is 56.2 cm³/mol. The third kappa shape index (κ3) is 1.98. The van der Waals surface area contributed by atoms with Crippen molar-refractivity contribution in [2.45, 2.75) is 0 Å². The molecule has 0 bridgehead atoms. The summed E-state index contributed by atoms with van der Waals surface area (Å²) in [5.74, 6) is 0.707. The second-order valence-electron chi connectivity index (χ2n) is 2.86. The average Bonchev–Trinajstić information content (AvgIpc) is 2.19. The van der Waals surface area contributed by atoms with Gasteiger partial charge in [-0.1, -0.05) is 6.07 Å². The molecule has 70 valence electrons. The molecule has 4 nitrogen and oxygen atoms in total. The van der Waals surface area contributed by atoms with E-state index in [2.05, 4.69) is 15.5 Å². The van der Waals surface area contributed by atoms with Gasteiger partial charge in [0.25, 0.3) is 0 Å². The molecule has 0 spiro atoms. The van der Waals surface area contributed by atoms with Crippen LogP contribution in [-0.4, -0.2) is 10.2 Å². The minimum atomic E-state index is 0.707. The molecule has 14 heavy (non-hydrogen) atoms. The van der Waals surface area contributed by atoms with E-state index in [0.717, 1.165) is 11.4 Å². The van der Waals surface area contributed by atoms with E-state index in [1.54, 1.807) is 6.20 Å². The molecule has 0 amide bonds. The first kappa shape index (κ1) is 8.50. The molecule has 0 aliphatic heterocycles. The molecule has 2 aromatic rings. The van der Waals surface area contributed by atoms with Crippen LogP contribution in [-0.2, 0) is 0 Å². The van der Waals surface area contributed by atoms with Crippen molar-refractivity contribution in [1.29, 1.82) is 0 Å². The molecule has 0 saturated carbocycles. The third-order valence-electron chi connectivity index (χ3n) is 1.73. The Bertz CT molecular complexity index is 413. The number of benzene rings is 1. The van der Waals surface area contributed by atoms with E-state index in [1.807, 2.05) is 36.4 Å². The average molecular weight is 186 g/mol. The molecule has 1 aromatic heterocycles. The molecule has 1 aromatic carbocycles. The van der Waals surface area contributed by atoms with Gasteiger partial charge in [-0.05, 0) is 30.3 Å². The van der Waals surface area contributed by atoms with E-state index in [4.69, 9.17) is 5.73 Å². The predicted octanol–water partition coefficient (Wildman–Crippen LogP) is 1.80. The van der Waals surface area contributed by atoms with Crippen LogP contribution in [0.15, 0.2) is 42.6 Å². The highest BCUT2D eigenvalue weighted by atomic mass is 15.2. The zero-order chi connectivity index (χ0) is 9.80. The fraction of sp³-hybridized carbons (Fsp3) is 0. The SMILES string of the molecule is Nc1cccc(Nc2cccnn2)c1. The van der Waals surface area contributed by atoms with Crippen molar-refractivity contribution >= 4 is 17.2 Å². The summed E-state index contributed by atoms with van der Waals surface area (Å²) in [6.07, 6.45) is 1.63. The van der Waals surface area contributed by atoms with E-state index in [0.29, 0.717) is 5.82 Å². The van der Waals surface area contributed by atoms with Crippen molar-refractivity contribution in [2.24, 2.45) is 0 Å². The quantitative estimate of drug-likeness (QED) is 0.702. The monoisotopic (exact) mass is 186 g/mol. The van der Waals surface area contributed by atoms with E-state index >= 15 is 0 Å². The minimum absolute atomic E-state index is 0.707. The molecular formula is C10H10N4. The maximum absolute atomic E-state index is 5.64. The molecule has 3 N–H and O–H groups in total. The number of aromatic nitrogens is 2. The molecule has 2 rings (SSSR count). The lowest BCUT2D eigenvalue weighted by atomic mass is 10.3. The van der Waals surface area contributed by atoms with Crippen LogP contribution in [0.25, 0.3) is 0 Å². The van der Waals surface area contributed by atoms with Gasteiger partial charge in [-0.2, -0.15) is 5.10 Å². The Hall–Kier alpha value is -2.10. The van der Waals surface area contributed by atoms with Crippen molar-refractivity contribution in [1.82, 2.24) is 10.2 Å². The Morgan fingerprint density at radius 1 is 1.14 bits per heavy atom. The molecule has 4 heteroatoms. The second-order valence-corrected chi connectivity index (χ2v) is 2.86. The lowest BCUT2D eigenvalue weighted by molar-refractivity contribution is 1.04. The summed E-state index contributed by atoms with van der Waals surface area (Å²) in [7, 11) is 0. The third-order valence-corrected chi connectivity index (χ3v) is 1.73. The molecule has 1 heterocycles. The van der Waals surface area contributed by atoms with Gasteiger partial charge in [-0.25, -0.2) is 0 Å². The number of hydrogen-bond acceptors (Lipinski definition) is 4. The Labute approximate surface area is 81.8 Å². The van der Waals surface area contributed by atoms with Crippen LogP contribution >= 0.6 is 0 Å². The summed E-state index contributed by atoms with van der Waals surface area (Å²) in [5, 5.41) is 10.8. The number of nitrogens with two attached hydrogens (primary N) is 1. The number of nitrogen functional groups attached to an aromatic ring is 1. The van der Waals surface area contributed by atoms with E-state index < -0.39 is 0 Å². The highest BCUT2D eigenvalue weighted by Gasteiger charge is 1.94. The van der Waals surface area contributed by atoms with E-state index in [-0.39, 0.29) is 0 Å². The highest BCUT2D eigenvalue weighted by Crippen LogP contribution is 2.15. The van der Waals surface area contributed by atoms with Crippen LogP contribution in [0.5, 0.6) is 0 Å². The lowest BCUT2D eigenvalue weighted by Gasteiger charge is -2.04. The summed E-state index contributed by atoms with van der Waals surface area (Å²) in [6.45, 7) is 0. The molecule has 0 atom stereocenters.